The quantitative estimate of drug-likeness (QED) is 0.0222. The minimum absolute atomic E-state index is 0.106. The van der Waals surface area contributed by atoms with Gasteiger partial charge < -0.3 is 33.8 Å². The maximum Gasteiger partial charge on any atom is 0.472 e. The van der Waals surface area contributed by atoms with E-state index in [-0.39, 0.29) is 25.7 Å². The molecule has 0 aromatic rings. The SMILES string of the molecule is CCCCCCCCCCCCCC(=O)O[C@H](COC(=O)CCCCCCCCCC)COP(=O)(O)OC[C@H](O)COP(=O)(O)OC[C@@H](COC(=O)CCCCCCCCCCCC(C)C)OC(=O)CCCCCCCCCCCCCCC(C)C. The fourth-order valence-electron chi connectivity index (χ4n) is 10.1. The van der Waals surface area contributed by atoms with Gasteiger partial charge in [-0.2, -0.15) is 0 Å². The second-order valence-electron chi connectivity index (χ2n) is 25.2. The third kappa shape index (κ3) is 60.9. The molecule has 19 heteroatoms. The minimum atomic E-state index is -4.95. The number of unbranched alkanes of at least 4 members (excludes halogenated alkanes) is 36. The number of carbonyl (C=O) groups excluding carboxylic acids is 4. The van der Waals surface area contributed by atoms with Gasteiger partial charge in [-0.15, -0.1) is 0 Å². The molecule has 0 spiro atoms. The fraction of sp³-hybridized carbons (Fsp3) is 0.940. The van der Waals surface area contributed by atoms with E-state index in [9.17, 15) is 43.2 Å². The highest BCUT2D eigenvalue weighted by Crippen LogP contribution is 2.45. The maximum atomic E-state index is 13.0. The molecule has 0 aliphatic carbocycles. The Morgan fingerprint density at radius 3 is 0.791 bits per heavy atom. The molecule has 0 aromatic heterocycles. The summed E-state index contributed by atoms with van der Waals surface area (Å²) in [5, 5.41) is 10.6. The predicted molar refractivity (Wildman–Crippen MR) is 345 cm³/mol. The number of aliphatic hydroxyl groups excluding tert-OH is 1. The summed E-state index contributed by atoms with van der Waals surface area (Å²) in [5.74, 6) is -0.610. The van der Waals surface area contributed by atoms with Crippen LogP contribution < -0.4 is 0 Å². The molecule has 0 bridgehead atoms. The topological polar surface area (TPSA) is 237 Å². The lowest BCUT2D eigenvalue weighted by molar-refractivity contribution is -0.161. The lowest BCUT2D eigenvalue weighted by Gasteiger charge is -2.21. The van der Waals surface area contributed by atoms with Gasteiger partial charge in [-0.1, -0.05) is 286 Å². The Bertz CT molecular complexity index is 1680. The van der Waals surface area contributed by atoms with Crippen LogP contribution in [0.3, 0.4) is 0 Å². The third-order valence-electron chi connectivity index (χ3n) is 15.5. The molecule has 0 rings (SSSR count). The first kappa shape index (κ1) is 84.1. The van der Waals surface area contributed by atoms with Crippen molar-refractivity contribution in [2.24, 2.45) is 11.8 Å². The summed E-state index contributed by atoms with van der Waals surface area (Å²) in [6.07, 6.45) is 43.0. The van der Waals surface area contributed by atoms with Crippen molar-refractivity contribution in [3.63, 3.8) is 0 Å². The fourth-order valence-corrected chi connectivity index (χ4v) is 11.6. The van der Waals surface area contributed by atoms with E-state index in [4.69, 9.17) is 37.0 Å². The molecule has 0 fully saturated rings. The molecule has 17 nitrogen and oxygen atoms in total. The first-order chi connectivity index (χ1) is 41.4. The van der Waals surface area contributed by atoms with Crippen LogP contribution in [0.5, 0.6) is 0 Å². The van der Waals surface area contributed by atoms with Crippen LogP contribution in [0.1, 0.15) is 337 Å². The Morgan fingerprint density at radius 1 is 0.314 bits per heavy atom. The number of phosphoric ester groups is 2. The van der Waals surface area contributed by atoms with Gasteiger partial charge >= 0.3 is 39.5 Å². The Morgan fingerprint density at radius 2 is 0.535 bits per heavy atom. The number of aliphatic hydroxyl groups is 1. The lowest BCUT2D eigenvalue weighted by atomic mass is 10.0. The standard InChI is InChI=1S/C67H130O17P2/c1-7-9-11-13-15-17-20-26-33-39-45-51-66(71)83-62(55-77-64(69)49-43-37-31-16-14-12-10-8-2)57-81-85(73,74)79-53-61(68)54-80-86(75,76)82-58-63(56-78-65(70)50-44-38-32-28-23-25-30-36-42-48-60(5)6)84-67(72)52-46-40-34-27-22-19-18-21-24-29-35-41-47-59(3)4/h59-63,68H,7-58H2,1-6H3,(H,73,74)(H,75,76)/t61-,62+,63+/m0/s1. The van der Waals surface area contributed by atoms with E-state index in [1.165, 1.54) is 148 Å². The van der Waals surface area contributed by atoms with Gasteiger partial charge in [0.2, 0.25) is 0 Å². The van der Waals surface area contributed by atoms with Crippen LogP contribution in [-0.2, 0) is 65.4 Å². The zero-order valence-electron chi connectivity index (χ0n) is 55.6. The van der Waals surface area contributed by atoms with Crippen molar-refractivity contribution < 1.29 is 80.2 Å². The highest BCUT2D eigenvalue weighted by Gasteiger charge is 2.30. The first-order valence-electron chi connectivity index (χ1n) is 35.0. The number of hydrogen-bond acceptors (Lipinski definition) is 15. The zero-order valence-corrected chi connectivity index (χ0v) is 57.4. The summed E-state index contributed by atoms with van der Waals surface area (Å²) in [4.78, 5) is 72.3. The van der Waals surface area contributed by atoms with Crippen molar-refractivity contribution in [1.82, 2.24) is 0 Å². The van der Waals surface area contributed by atoms with Crippen LogP contribution >= 0.6 is 15.6 Å². The summed E-state index contributed by atoms with van der Waals surface area (Å²) in [6.45, 7) is 9.49. The molecule has 2 unspecified atom stereocenters. The van der Waals surface area contributed by atoms with Crippen molar-refractivity contribution in [1.29, 1.82) is 0 Å². The third-order valence-corrected chi connectivity index (χ3v) is 17.4. The molecule has 0 aliphatic heterocycles. The molecular weight excluding hydrogens is 1140 g/mol. The lowest BCUT2D eigenvalue weighted by Crippen LogP contribution is -2.30. The van der Waals surface area contributed by atoms with Crippen molar-refractivity contribution in [3.05, 3.63) is 0 Å². The van der Waals surface area contributed by atoms with Crippen molar-refractivity contribution >= 4 is 39.5 Å². The zero-order chi connectivity index (χ0) is 63.6. The number of rotatable bonds is 66. The summed E-state index contributed by atoms with van der Waals surface area (Å²) in [6, 6.07) is 0. The van der Waals surface area contributed by atoms with Gasteiger partial charge in [0.15, 0.2) is 12.2 Å². The van der Waals surface area contributed by atoms with E-state index in [1.54, 1.807) is 0 Å². The molecule has 510 valence electrons. The van der Waals surface area contributed by atoms with Crippen molar-refractivity contribution in [2.45, 2.75) is 355 Å². The molecule has 0 aliphatic rings. The van der Waals surface area contributed by atoms with Crippen LogP contribution in [0, 0.1) is 11.8 Å². The Balaban J connectivity index is 5.23. The number of hydrogen-bond donors (Lipinski definition) is 3. The monoisotopic (exact) mass is 1270 g/mol. The molecule has 0 amide bonds. The second kappa shape index (κ2) is 59.4. The van der Waals surface area contributed by atoms with Gasteiger partial charge in [0.05, 0.1) is 26.4 Å². The van der Waals surface area contributed by atoms with Crippen LogP contribution in [-0.4, -0.2) is 96.7 Å². The average molecular weight is 1270 g/mol. The molecule has 0 aromatic carbocycles. The number of phosphoric acid groups is 2. The van der Waals surface area contributed by atoms with Gasteiger partial charge in [0, 0.05) is 25.7 Å². The highest BCUT2D eigenvalue weighted by atomic mass is 31.2. The molecule has 3 N–H and O–H groups in total. The predicted octanol–water partition coefficient (Wildman–Crippen LogP) is 18.8. The van der Waals surface area contributed by atoms with E-state index in [1.807, 2.05) is 0 Å². The average Bonchev–Trinajstić information content (AvgIpc) is 3.66. The second-order valence-corrected chi connectivity index (χ2v) is 28.1. The van der Waals surface area contributed by atoms with E-state index >= 15 is 0 Å². The molecule has 5 atom stereocenters. The summed E-state index contributed by atoms with van der Waals surface area (Å²) >= 11 is 0. The van der Waals surface area contributed by atoms with Gasteiger partial charge in [0.25, 0.3) is 0 Å². The summed E-state index contributed by atoms with van der Waals surface area (Å²) in [5.41, 5.74) is 0. The normalized spacial score (nSPS) is 14.2. The Hall–Kier alpha value is -1.94. The van der Waals surface area contributed by atoms with E-state index in [2.05, 4.69) is 41.5 Å². The van der Waals surface area contributed by atoms with E-state index in [0.29, 0.717) is 25.7 Å². The molecular formula is C67H130O17P2. The van der Waals surface area contributed by atoms with E-state index < -0.39 is 97.5 Å². The molecule has 0 heterocycles. The van der Waals surface area contributed by atoms with Crippen LogP contribution in [0.2, 0.25) is 0 Å². The van der Waals surface area contributed by atoms with Crippen LogP contribution in [0.15, 0.2) is 0 Å². The van der Waals surface area contributed by atoms with Crippen molar-refractivity contribution in [3.8, 4) is 0 Å². The summed E-state index contributed by atoms with van der Waals surface area (Å²) < 4.78 is 68.1. The summed E-state index contributed by atoms with van der Waals surface area (Å²) in [7, 11) is -9.89. The van der Waals surface area contributed by atoms with Gasteiger partial charge in [-0.3, -0.25) is 37.3 Å². The van der Waals surface area contributed by atoms with E-state index in [0.717, 1.165) is 108 Å². The van der Waals surface area contributed by atoms with Gasteiger partial charge in [-0.05, 0) is 37.5 Å². The Kier molecular flexibility index (Phi) is 58.0. The Labute approximate surface area is 524 Å². The smallest absolute Gasteiger partial charge is 0.462 e. The maximum absolute atomic E-state index is 13.0. The highest BCUT2D eigenvalue weighted by molar-refractivity contribution is 7.47. The minimum Gasteiger partial charge on any atom is -0.462 e. The largest absolute Gasteiger partial charge is 0.472 e. The number of ether oxygens (including phenoxy) is 4. The molecule has 0 radical (unpaired) electrons. The molecule has 0 saturated heterocycles. The van der Waals surface area contributed by atoms with Gasteiger partial charge in [-0.25, -0.2) is 9.13 Å². The first-order valence-corrected chi connectivity index (χ1v) is 38.0. The van der Waals surface area contributed by atoms with Gasteiger partial charge in [0.1, 0.15) is 19.3 Å². The van der Waals surface area contributed by atoms with Crippen molar-refractivity contribution in [2.75, 3.05) is 39.6 Å². The van der Waals surface area contributed by atoms with Crippen LogP contribution in [0.4, 0.5) is 0 Å². The number of carbonyl (C=O) groups is 4. The van der Waals surface area contributed by atoms with Crippen LogP contribution in [0.25, 0.3) is 0 Å². The molecule has 86 heavy (non-hydrogen) atoms. The number of esters is 4. The molecule has 0 saturated carbocycles.